The molecule has 0 N–H and O–H groups in total. The van der Waals surface area contributed by atoms with Crippen LogP contribution in [0.15, 0.2) is 42.0 Å². The highest BCUT2D eigenvalue weighted by molar-refractivity contribution is 5.91. The summed E-state index contributed by atoms with van der Waals surface area (Å²) >= 11 is 0. The van der Waals surface area contributed by atoms with Crippen molar-refractivity contribution in [3.63, 3.8) is 0 Å². The van der Waals surface area contributed by atoms with Crippen LogP contribution in [0.1, 0.15) is 77.7 Å². The Bertz CT molecular complexity index is 898. The summed E-state index contributed by atoms with van der Waals surface area (Å²) in [4.78, 5) is 25.3. The number of carbonyl (C=O) groups excluding carboxylic acids is 2. The third-order valence-corrected chi connectivity index (χ3v) is 10.3. The van der Waals surface area contributed by atoms with E-state index in [0.717, 1.165) is 38.5 Å². The minimum absolute atomic E-state index is 0.0951. The molecule has 30 heavy (non-hydrogen) atoms. The smallest absolute Gasteiger partial charge is 0.155 e. The summed E-state index contributed by atoms with van der Waals surface area (Å²) in [6, 6.07) is 10.7. The van der Waals surface area contributed by atoms with E-state index in [1.807, 2.05) is 13.0 Å². The largest absolute Gasteiger partial charge is 0.299 e. The van der Waals surface area contributed by atoms with Crippen molar-refractivity contribution in [3.05, 3.63) is 47.5 Å². The third-order valence-electron chi connectivity index (χ3n) is 10.3. The number of rotatable bonds is 3. The molecule has 0 amide bonds. The Labute approximate surface area is 181 Å². The van der Waals surface area contributed by atoms with E-state index in [-0.39, 0.29) is 16.2 Å². The molecule has 0 bridgehead atoms. The molecule has 0 saturated heterocycles. The number of Topliss-reactive ketones (excluding diaryl/α,β-unsaturated/α-hetero) is 1. The average Bonchev–Trinajstić information content (AvgIpc) is 3.03. The topological polar surface area (TPSA) is 34.1 Å². The van der Waals surface area contributed by atoms with E-state index >= 15 is 0 Å². The van der Waals surface area contributed by atoms with Crippen molar-refractivity contribution in [1.29, 1.82) is 0 Å². The molecule has 0 radical (unpaired) electrons. The van der Waals surface area contributed by atoms with Gasteiger partial charge in [-0.2, -0.15) is 0 Å². The number of hydrogen-bond acceptors (Lipinski definition) is 2. The maximum absolute atomic E-state index is 13.3. The maximum Gasteiger partial charge on any atom is 0.155 e. The first-order chi connectivity index (χ1) is 14.3. The first-order valence-corrected chi connectivity index (χ1v) is 12.1. The standard InChI is InChI=1S/C28H36O2/c1-19(29)28(18-20-7-5-4-6-8-20)16-13-25-23-10-9-21-17-22(30)11-14-26(21,2)24(23)12-15-27(25,28)3/h4-8,17,23-25H,9-16,18H2,1-3H3/t23?,24?,25?,26-,27-,28-/m0/s1. The fourth-order valence-corrected chi connectivity index (χ4v) is 8.63. The lowest BCUT2D eigenvalue weighted by Gasteiger charge is -2.59. The van der Waals surface area contributed by atoms with Crippen LogP contribution in [0, 0.1) is 34.0 Å². The highest BCUT2D eigenvalue weighted by Crippen LogP contribution is 2.70. The first-order valence-electron chi connectivity index (χ1n) is 12.1. The molecule has 0 spiro atoms. The van der Waals surface area contributed by atoms with Crippen molar-refractivity contribution < 1.29 is 9.59 Å². The first kappa shape index (κ1) is 20.2. The second-order valence-electron chi connectivity index (χ2n) is 11.3. The lowest BCUT2D eigenvalue weighted by atomic mass is 9.44. The van der Waals surface area contributed by atoms with Crippen molar-refractivity contribution in [1.82, 2.24) is 0 Å². The Morgan fingerprint density at radius 1 is 0.967 bits per heavy atom. The number of carbonyl (C=O) groups is 2. The summed E-state index contributed by atoms with van der Waals surface area (Å²) in [5.41, 5.74) is 2.83. The molecule has 1 aromatic carbocycles. The molecule has 2 nitrogen and oxygen atoms in total. The van der Waals surface area contributed by atoms with Gasteiger partial charge in [-0.1, -0.05) is 49.8 Å². The summed E-state index contributed by atoms with van der Waals surface area (Å²) in [5, 5.41) is 0. The van der Waals surface area contributed by atoms with Crippen LogP contribution in [0.2, 0.25) is 0 Å². The summed E-state index contributed by atoms with van der Waals surface area (Å²) in [6.45, 7) is 6.77. The zero-order valence-corrected chi connectivity index (χ0v) is 18.9. The van der Waals surface area contributed by atoms with E-state index < -0.39 is 0 Å². The zero-order chi connectivity index (χ0) is 21.1. The van der Waals surface area contributed by atoms with Gasteiger partial charge >= 0.3 is 0 Å². The molecule has 3 unspecified atom stereocenters. The molecule has 4 aliphatic carbocycles. The Morgan fingerprint density at radius 3 is 2.43 bits per heavy atom. The highest BCUT2D eigenvalue weighted by Gasteiger charge is 2.65. The van der Waals surface area contributed by atoms with Gasteiger partial charge in [0.05, 0.1) is 0 Å². The number of hydrogen-bond donors (Lipinski definition) is 0. The highest BCUT2D eigenvalue weighted by atomic mass is 16.1. The van der Waals surface area contributed by atoms with Crippen molar-refractivity contribution in [2.24, 2.45) is 34.0 Å². The van der Waals surface area contributed by atoms with Gasteiger partial charge in [0.2, 0.25) is 0 Å². The second kappa shape index (κ2) is 6.90. The second-order valence-corrected chi connectivity index (χ2v) is 11.3. The predicted octanol–water partition coefficient (Wildman–Crippen LogP) is 6.34. The lowest BCUT2D eigenvalue weighted by molar-refractivity contribution is -0.141. The van der Waals surface area contributed by atoms with Crippen molar-refractivity contribution in [2.75, 3.05) is 0 Å². The minimum atomic E-state index is -0.219. The maximum atomic E-state index is 13.3. The molecule has 6 atom stereocenters. The van der Waals surface area contributed by atoms with Crippen molar-refractivity contribution >= 4 is 11.6 Å². The average molecular weight is 405 g/mol. The van der Waals surface area contributed by atoms with Crippen molar-refractivity contribution in [3.8, 4) is 0 Å². The lowest BCUT2D eigenvalue weighted by Crippen LogP contribution is -2.54. The van der Waals surface area contributed by atoms with Crippen LogP contribution >= 0.6 is 0 Å². The van der Waals surface area contributed by atoms with Gasteiger partial charge in [0, 0.05) is 11.8 Å². The fraction of sp³-hybridized carbons (Fsp3) is 0.643. The summed E-state index contributed by atoms with van der Waals surface area (Å²) in [7, 11) is 0. The predicted molar refractivity (Wildman–Crippen MR) is 120 cm³/mol. The van der Waals surface area contributed by atoms with Gasteiger partial charge in [0.15, 0.2) is 5.78 Å². The summed E-state index contributed by atoms with van der Waals surface area (Å²) < 4.78 is 0. The molecule has 3 fully saturated rings. The Balaban J connectivity index is 1.50. The molecule has 1 aromatic rings. The molecule has 3 saturated carbocycles. The van der Waals surface area contributed by atoms with Crippen molar-refractivity contribution in [2.45, 2.75) is 78.6 Å². The van der Waals surface area contributed by atoms with Gasteiger partial charge in [0.25, 0.3) is 0 Å². The Hall–Kier alpha value is -1.70. The summed E-state index contributed by atoms with van der Waals surface area (Å²) in [6.07, 6.45) is 11.5. The Morgan fingerprint density at radius 2 is 1.70 bits per heavy atom. The zero-order valence-electron chi connectivity index (χ0n) is 18.9. The molecule has 2 heteroatoms. The number of ketones is 2. The normalized spacial score (nSPS) is 42.7. The van der Waals surface area contributed by atoms with Gasteiger partial charge in [-0.05, 0) is 98.5 Å². The quantitative estimate of drug-likeness (QED) is 0.589. The van der Waals surface area contributed by atoms with Gasteiger partial charge in [0.1, 0.15) is 5.78 Å². The van der Waals surface area contributed by atoms with Crippen LogP contribution in [-0.4, -0.2) is 11.6 Å². The van der Waals surface area contributed by atoms with E-state index in [0.29, 0.717) is 29.3 Å². The fourth-order valence-electron chi connectivity index (χ4n) is 8.63. The molecule has 0 aliphatic heterocycles. The molecular formula is C28H36O2. The van der Waals surface area contributed by atoms with E-state index in [9.17, 15) is 9.59 Å². The molecule has 5 rings (SSSR count). The number of allylic oxidation sites excluding steroid dienone is 1. The molecule has 0 aromatic heterocycles. The van der Waals surface area contributed by atoms with Crippen LogP contribution in [0.3, 0.4) is 0 Å². The molecule has 4 aliphatic rings. The monoisotopic (exact) mass is 404 g/mol. The van der Waals surface area contributed by atoms with Crippen LogP contribution < -0.4 is 0 Å². The van der Waals surface area contributed by atoms with Crippen LogP contribution in [0.5, 0.6) is 0 Å². The van der Waals surface area contributed by atoms with Gasteiger partial charge in [-0.15, -0.1) is 0 Å². The molecular weight excluding hydrogens is 368 g/mol. The molecule has 0 heterocycles. The van der Waals surface area contributed by atoms with Crippen LogP contribution in [0.4, 0.5) is 0 Å². The Kier molecular flexibility index (Phi) is 4.65. The summed E-state index contributed by atoms with van der Waals surface area (Å²) in [5.74, 6) is 2.76. The van der Waals surface area contributed by atoms with E-state index in [1.165, 1.54) is 30.4 Å². The van der Waals surface area contributed by atoms with Gasteiger partial charge in [-0.3, -0.25) is 9.59 Å². The van der Waals surface area contributed by atoms with E-state index in [4.69, 9.17) is 0 Å². The minimum Gasteiger partial charge on any atom is -0.299 e. The third kappa shape index (κ3) is 2.68. The number of fused-ring (bicyclic) bond motifs is 5. The van der Waals surface area contributed by atoms with Crippen LogP contribution in [-0.2, 0) is 16.0 Å². The SMILES string of the molecule is CC(=O)[C@@]1(Cc2ccccc2)CCC2C3CCC4=CC(=O)CC[C@]4(C)C3CC[C@@]21C. The van der Waals surface area contributed by atoms with E-state index in [1.54, 1.807) is 0 Å². The van der Waals surface area contributed by atoms with Crippen LogP contribution in [0.25, 0.3) is 0 Å². The molecule has 160 valence electrons. The van der Waals surface area contributed by atoms with Gasteiger partial charge in [-0.25, -0.2) is 0 Å². The number of benzene rings is 1. The van der Waals surface area contributed by atoms with Gasteiger partial charge < -0.3 is 0 Å². The van der Waals surface area contributed by atoms with E-state index in [2.05, 4.69) is 44.2 Å².